The van der Waals surface area contributed by atoms with Crippen LogP contribution in [0.15, 0.2) is 24.3 Å². The normalized spacial score (nSPS) is 21.9. The van der Waals surface area contributed by atoms with Gasteiger partial charge in [-0.2, -0.15) is 0 Å². The molecule has 2 amide bonds. The first kappa shape index (κ1) is 12.4. The molecule has 0 aliphatic carbocycles. The van der Waals surface area contributed by atoms with Crippen molar-refractivity contribution in [3.8, 4) is 5.75 Å². The molecule has 96 valence electrons. The number of β-lactam (4-membered cyclic amide) rings is 1. The highest BCUT2D eigenvalue weighted by Crippen LogP contribution is 2.12. The zero-order valence-corrected chi connectivity index (χ0v) is 9.72. The van der Waals surface area contributed by atoms with E-state index in [-0.39, 0.29) is 30.0 Å². The maximum Gasteiger partial charge on any atom is 0.245 e. The van der Waals surface area contributed by atoms with E-state index in [1.165, 1.54) is 12.1 Å². The molecule has 6 nitrogen and oxygen atoms in total. The molecule has 18 heavy (non-hydrogen) atoms. The third-order valence-corrected chi connectivity index (χ3v) is 2.86. The van der Waals surface area contributed by atoms with E-state index in [1.54, 1.807) is 12.1 Å². The Labute approximate surface area is 104 Å². The summed E-state index contributed by atoms with van der Waals surface area (Å²) in [6, 6.07) is 5.72. The highest BCUT2D eigenvalue weighted by molar-refractivity contribution is 5.93. The molecule has 1 aliphatic rings. The van der Waals surface area contributed by atoms with E-state index in [0.29, 0.717) is 12.1 Å². The zero-order valence-electron chi connectivity index (χ0n) is 9.72. The third kappa shape index (κ3) is 2.60. The standard InChI is InChI=1S/C12H15N3O3/c13-6-9-11(12(18)14-9)15-10(17)5-7-2-1-3-8(16)4-7/h1-4,9,11,16H,5-6,13H2,(H,14,18)(H,15,17)/t9-,11+/m1/s1. The molecule has 0 aromatic heterocycles. The van der Waals surface area contributed by atoms with Gasteiger partial charge < -0.3 is 21.5 Å². The number of carbonyl (C=O) groups excluding carboxylic acids is 2. The van der Waals surface area contributed by atoms with E-state index in [4.69, 9.17) is 5.73 Å². The van der Waals surface area contributed by atoms with Gasteiger partial charge in [0.15, 0.2) is 0 Å². The van der Waals surface area contributed by atoms with Crippen LogP contribution in [-0.2, 0) is 16.0 Å². The average Bonchev–Trinajstić information content (AvgIpc) is 2.33. The quantitative estimate of drug-likeness (QED) is 0.507. The van der Waals surface area contributed by atoms with Crippen molar-refractivity contribution in [2.24, 2.45) is 5.73 Å². The Bertz CT molecular complexity index is 475. The Kier molecular flexibility index (Phi) is 3.47. The Morgan fingerprint density at radius 2 is 2.28 bits per heavy atom. The largest absolute Gasteiger partial charge is 0.508 e. The van der Waals surface area contributed by atoms with Crippen molar-refractivity contribution in [1.29, 1.82) is 0 Å². The van der Waals surface area contributed by atoms with E-state index in [0.717, 1.165) is 0 Å². The van der Waals surface area contributed by atoms with Crippen molar-refractivity contribution < 1.29 is 14.7 Å². The lowest BCUT2D eigenvalue weighted by atomic mass is 9.99. The summed E-state index contributed by atoms with van der Waals surface area (Å²) in [5.41, 5.74) is 6.13. The lowest BCUT2D eigenvalue weighted by Gasteiger charge is -2.36. The second kappa shape index (κ2) is 5.05. The van der Waals surface area contributed by atoms with Crippen LogP contribution < -0.4 is 16.4 Å². The number of benzene rings is 1. The summed E-state index contributed by atoms with van der Waals surface area (Å²) >= 11 is 0. The highest BCUT2D eigenvalue weighted by atomic mass is 16.3. The van der Waals surface area contributed by atoms with Gasteiger partial charge in [-0.3, -0.25) is 9.59 Å². The van der Waals surface area contributed by atoms with Gasteiger partial charge in [0.05, 0.1) is 12.5 Å². The lowest BCUT2D eigenvalue weighted by molar-refractivity contribution is -0.135. The van der Waals surface area contributed by atoms with E-state index in [9.17, 15) is 14.7 Å². The Balaban J connectivity index is 1.91. The van der Waals surface area contributed by atoms with Gasteiger partial charge in [-0.05, 0) is 17.7 Å². The number of phenols is 1. The summed E-state index contributed by atoms with van der Waals surface area (Å²) in [5.74, 6) is -0.366. The molecule has 5 N–H and O–H groups in total. The summed E-state index contributed by atoms with van der Waals surface area (Å²) in [6.45, 7) is 0.294. The molecule has 1 aromatic carbocycles. The van der Waals surface area contributed by atoms with Crippen LogP contribution in [0.3, 0.4) is 0 Å². The van der Waals surface area contributed by atoms with Crippen LogP contribution in [0.1, 0.15) is 5.56 Å². The summed E-state index contributed by atoms with van der Waals surface area (Å²) in [5, 5.41) is 14.5. The van der Waals surface area contributed by atoms with Crippen LogP contribution in [-0.4, -0.2) is 35.5 Å². The smallest absolute Gasteiger partial charge is 0.245 e. The van der Waals surface area contributed by atoms with Gasteiger partial charge >= 0.3 is 0 Å². The molecule has 1 aromatic rings. The molecule has 0 radical (unpaired) electrons. The van der Waals surface area contributed by atoms with Crippen molar-refractivity contribution in [3.63, 3.8) is 0 Å². The molecule has 6 heteroatoms. The number of hydrogen-bond acceptors (Lipinski definition) is 4. The fraction of sp³-hybridized carbons (Fsp3) is 0.333. The molecule has 0 bridgehead atoms. The molecule has 2 atom stereocenters. The van der Waals surface area contributed by atoms with Crippen LogP contribution in [0, 0.1) is 0 Å². The monoisotopic (exact) mass is 249 g/mol. The third-order valence-electron chi connectivity index (χ3n) is 2.86. The van der Waals surface area contributed by atoms with E-state index < -0.39 is 6.04 Å². The minimum Gasteiger partial charge on any atom is -0.508 e. The van der Waals surface area contributed by atoms with Gasteiger partial charge in [0.1, 0.15) is 11.8 Å². The Morgan fingerprint density at radius 1 is 1.50 bits per heavy atom. The first-order valence-corrected chi connectivity index (χ1v) is 5.68. The van der Waals surface area contributed by atoms with Crippen LogP contribution >= 0.6 is 0 Å². The topological polar surface area (TPSA) is 104 Å². The Hall–Kier alpha value is -2.08. The fourth-order valence-electron chi connectivity index (χ4n) is 1.88. The van der Waals surface area contributed by atoms with Crippen molar-refractivity contribution in [3.05, 3.63) is 29.8 Å². The summed E-state index contributed by atoms with van der Waals surface area (Å²) in [4.78, 5) is 22.9. The molecule has 1 heterocycles. The minimum atomic E-state index is -0.542. The predicted molar refractivity (Wildman–Crippen MR) is 64.7 cm³/mol. The van der Waals surface area contributed by atoms with Crippen molar-refractivity contribution in [1.82, 2.24) is 10.6 Å². The summed E-state index contributed by atoms with van der Waals surface area (Å²) in [6.07, 6.45) is 0.121. The van der Waals surface area contributed by atoms with Gasteiger partial charge in [0, 0.05) is 6.54 Å². The van der Waals surface area contributed by atoms with Crippen LogP contribution in [0.2, 0.25) is 0 Å². The molecule has 2 rings (SSSR count). The molecule has 1 aliphatic heterocycles. The second-order valence-corrected chi connectivity index (χ2v) is 4.24. The fourth-order valence-corrected chi connectivity index (χ4v) is 1.88. The predicted octanol–water partition coefficient (Wildman–Crippen LogP) is -1.12. The van der Waals surface area contributed by atoms with Crippen molar-refractivity contribution >= 4 is 11.8 Å². The lowest BCUT2D eigenvalue weighted by Crippen LogP contribution is -2.71. The first-order valence-electron chi connectivity index (χ1n) is 5.68. The molecule has 1 fully saturated rings. The van der Waals surface area contributed by atoms with Crippen molar-refractivity contribution in [2.75, 3.05) is 6.54 Å². The maximum atomic E-state index is 11.7. The van der Waals surface area contributed by atoms with E-state index in [1.807, 2.05) is 0 Å². The van der Waals surface area contributed by atoms with Crippen LogP contribution in [0.5, 0.6) is 5.75 Å². The Morgan fingerprint density at radius 3 is 2.89 bits per heavy atom. The molecular weight excluding hydrogens is 234 g/mol. The first-order chi connectivity index (χ1) is 8.60. The number of aromatic hydroxyl groups is 1. The number of nitrogens with one attached hydrogen (secondary N) is 2. The minimum absolute atomic E-state index is 0.113. The maximum absolute atomic E-state index is 11.7. The number of rotatable bonds is 4. The average molecular weight is 249 g/mol. The van der Waals surface area contributed by atoms with Crippen LogP contribution in [0.25, 0.3) is 0 Å². The van der Waals surface area contributed by atoms with Gasteiger partial charge in [0.2, 0.25) is 11.8 Å². The zero-order chi connectivity index (χ0) is 13.1. The van der Waals surface area contributed by atoms with Crippen LogP contribution in [0.4, 0.5) is 0 Å². The summed E-state index contributed by atoms with van der Waals surface area (Å²) in [7, 11) is 0. The SMILES string of the molecule is NC[C@H]1NC(=O)[C@H]1NC(=O)Cc1cccc(O)c1. The van der Waals surface area contributed by atoms with E-state index >= 15 is 0 Å². The van der Waals surface area contributed by atoms with Crippen molar-refractivity contribution in [2.45, 2.75) is 18.5 Å². The molecular formula is C12H15N3O3. The molecule has 0 saturated carbocycles. The molecule has 0 unspecified atom stereocenters. The molecule has 0 spiro atoms. The number of phenolic OH excluding ortho intramolecular Hbond substituents is 1. The van der Waals surface area contributed by atoms with Gasteiger partial charge in [-0.25, -0.2) is 0 Å². The highest BCUT2D eigenvalue weighted by Gasteiger charge is 2.39. The number of hydrogen-bond donors (Lipinski definition) is 4. The number of amides is 2. The van der Waals surface area contributed by atoms with Gasteiger partial charge in [0.25, 0.3) is 0 Å². The van der Waals surface area contributed by atoms with E-state index in [2.05, 4.69) is 10.6 Å². The second-order valence-electron chi connectivity index (χ2n) is 4.24. The van der Waals surface area contributed by atoms with Gasteiger partial charge in [-0.1, -0.05) is 12.1 Å². The van der Waals surface area contributed by atoms with Gasteiger partial charge in [-0.15, -0.1) is 0 Å². The molecule has 1 saturated heterocycles. The summed E-state index contributed by atoms with van der Waals surface area (Å²) < 4.78 is 0. The number of carbonyl (C=O) groups is 2. The number of nitrogens with two attached hydrogens (primary N) is 1.